The zero-order chi connectivity index (χ0) is 14.3. The second-order valence-corrected chi connectivity index (χ2v) is 5.78. The van der Waals surface area contributed by atoms with Crippen LogP contribution in [0, 0.1) is 11.7 Å². The van der Waals surface area contributed by atoms with Crippen molar-refractivity contribution >= 4 is 29.3 Å². The Balaban J connectivity index is 2.02. The minimum atomic E-state index is -0.315. The third-order valence-corrected chi connectivity index (χ3v) is 4.15. The molecule has 1 saturated heterocycles. The summed E-state index contributed by atoms with van der Waals surface area (Å²) in [5, 5.41) is 0. The van der Waals surface area contributed by atoms with Gasteiger partial charge in [0.25, 0.3) is 0 Å². The molecule has 5 nitrogen and oxygen atoms in total. The lowest BCUT2D eigenvalue weighted by molar-refractivity contribution is -0.133. The maximum Gasteiger partial charge on any atom is 0.245 e. The number of aryl methyl sites for hydroxylation is 1. The van der Waals surface area contributed by atoms with Crippen LogP contribution in [-0.4, -0.2) is 38.4 Å². The number of aromatic nitrogens is 3. The number of carbonyl (C=O) groups excluding carboxylic acids is 1. The van der Waals surface area contributed by atoms with Crippen LogP contribution in [-0.2, 0) is 4.79 Å². The van der Waals surface area contributed by atoms with Crippen LogP contribution < -0.4 is 0 Å². The maximum absolute atomic E-state index is 12.5. The van der Waals surface area contributed by atoms with Crippen LogP contribution in [0.4, 0.5) is 0 Å². The molecular weight excluding hydrogens is 272 g/mol. The van der Waals surface area contributed by atoms with Crippen molar-refractivity contribution in [3.8, 4) is 0 Å². The highest BCUT2D eigenvalue weighted by Crippen LogP contribution is 2.21. The molecule has 1 amide bonds. The van der Waals surface area contributed by atoms with Crippen LogP contribution in [0.3, 0.4) is 0 Å². The largest absolute Gasteiger partial charge is 0.341 e. The Hall–Kier alpha value is -1.69. The quantitative estimate of drug-likeness (QED) is 0.865. The molecule has 1 N–H and O–H groups in total. The zero-order valence-electron chi connectivity index (χ0n) is 11.7. The summed E-state index contributed by atoms with van der Waals surface area (Å²) >= 11 is 5.36. The van der Waals surface area contributed by atoms with Gasteiger partial charge in [0.15, 0.2) is 10.4 Å². The molecule has 1 unspecified atom stereocenters. The predicted octanol–water partition coefficient (Wildman–Crippen LogP) is 2.59. The van der Waals surface area contributed by atoms with Crippen molar-refractivity contribution in [3.05, 3.63) is 22.6 Å². The average molecular weight is 290 g/mol. The number of H-pyrrole nitrogens is 1. The van der Waals surface area contributed by atoms with Crippen LogP contribution in [0.15, 0.2) is 12.3 Å². The topological polar surface area (TPSA) is 53.9 Å². The summed E-state index contributed by atoms with van der Waals surface area (Å²) in [6.45, 7) is 5.58. The molecule has 6 heteroatoms. The number of fused-ring (bicyclic) bond motifs is 1. The SMILES string of the molecule is Cc1cnc2c(c1)[nH]c(=S)n2C(C)C(=O)N1CCCC1. The average Bonchev–Trinajstić information content (AvgIpc) is 3.03. The van der Waals surface area contributed by atoms with Gasteiger partial charge in [-0.2, -0.15) is 0 Å². The molecule has 3 rings (SSSR count). The fraction of sp³-hybridized carbons (Fsp3) is 0.500. The van der Waals surface area contributed by atoms with E-state index in [2.05, 4.69) is 9.97 Å². The summed E-state index contributed by atoms with van der Waals surface area (Å²) in [5.41, 5.74) is 2.70. The molecule has 2 aromatic heterocycles. The number of carbonyl (C=O) groups is 1. The minimum Gasteiger partial charge on any atom is -0.341 e. The van der Waals surface area contributed by atoms with Gasteiger partial charge < -0.3 is 9.88 Å². The van der Waals surface area contributed by atoms with Crippen molar-refractivity contribution in [2.24, 2.45) is 0 Å². The van der Waals surface area contributed by atoms with Gasteiger partial charge >= 0.3 is 0 Å². The number of nitrogens with one attached hydrogen (secondary N) is 1. The van der Waals surface area contributed by atoms with Gasteiger partial charge in [-0.05, 0) is 50.5 Å². The number of amides is 1. The molecule has 3 heterocycles. The van der Waals surface area contributed by atoms with E-state index < -0.39 is 0 Å². The number of pyridine rings is 1. The van der Waals surface area contributed by atoms with Gasteiger partial charge in [0.05, 0.1) is 5.52 Å². The van der Waals surface area contributed by atoms with E-state index in [0.717, 1.165) is 42.7 Å². The number of aromatic amines is 1. The van der Waals surface area contributed by atoms with Gasteiger partial charge in [-0.15, -0.1) is 0 Å². The van der Waals surface area contributed by atoms with Gasteiger partial charge in [-0.1, -0.05) is 0 Å². The Morgan fingerprint density at radius 1 is 1.45 bits per heavy atom. The van der Waals surface area contributed by atoms with Crippen molar-refractivity contribution in [1.29, 1.82) is 0 Å². The van der Waals surface area contributed by atoms with Gasteiger partial charge in [0, 0.05) is 19.3 Å². The van der Waals surface area contributed by atoms with Gasteiger partial charge in [0.2, 0.25) is 5.91 Å². The molecular formula is C14H18N4OS. The molecule has 1 aliphatic heterocycles. The Labute approximate surface area is 122 Å². The molecule has 0 aliphatic carbocycles. The Morgan fingerprint density at radius 2 is 2.15 bits per heavy atom. The van der Waals surface area contributed by atoms with Crippen LogP contribution in [0.5, 0.6) is 0 Å². The van der Waals surface area contributed by atoms with E-state index in [1.165, 1.54) is 0 Å². The second kappa shape index (κ2) is 5.01. The van der Waals surface area contributed by atoms with Crippen LogP contribution in [0.25, 0.3) is 11.2 Å². The highest BCUT2D eigenvalue weighted by atomic mass is 32.1. The first kappa shape index (κ1) is 13.3. The lowest BCUT2D eigenvalue weighted by Crippen LogP contribution is -2.34. The summed E-state index contributed by atoms with van der Waals surface area (Å²) in [6, 6.07) is 1.69. The lowest BCUT2D eigenvalue weighted by Gasteiger charge is -2.21. The molecule has 0 aromatic carbocycles. The first-order chi connectivity index (χ1) is 9.58. The van der Waals surface area contributed by atoms with E-state index in [-0.39, 0.29) is 11.9 Å². The highest BCUT2D eigenvalue weighted by molar-refractivity contribution is 7.71. The molecule has 0 saturated carbocycles. The molecule has 106 valence electrons. The number of hydrogen-bond acceptors (Lipinski definition) is 3. The summed E-state index contributed by atoms with van der Waals surface area (Å²) in [7, 11) is 0. The number of hydrogen-bond donors (Lipinski definition) is 1. The highest BCUT2D eigenvalue weighted by Gasteiger charge is 2.26. The van der Waals surface area contributed by atoms with E-state index in [4.69, 9.17) is 12.2 Å². The summed E-state index contributed by atoms with van der Waals surface area (Å²) < 4.78 is 2.38. The third-order valence-electron chi connectivity index (χ3n) is 3.85. The van der Waals surface area contributed by atoms with E-state index in [1.807, 2.05) is 29.4 Å². The van der Waals surface area contributed by atoms with E-state index in [9.17, 15) is 4.79 Å². The fourth-order valence-electron chi connectivity index (χ4n) is 2.79. The van der Waals surface area contributed by atoms with E-state index >= 15 is 0 Å². The molecule has 20 heavy (non-hydrogen) atoms. The van der Waals surface area contributed by atoms with E-state index in [1.54, 1.807) is 6.20 Å². The van der Waals surface area contributed by atoms with Crippen molar-refractivity contribution in [1.82, 2.24) is 19.4 Å². The second-order valence-electron chi connectivity index (χ2n) is 5.39. The molecule has 1 fully saturated rings. The molecule has 0 radical (unpaired) electrons. The Morgan fingerprint density at radius 3 is 2.85 bits per heavy atom. The number of nitrogens with zero attached hydrogens (tertiary/aromatic N) is 3. The van der Waals surface area contributed by atoms with Crippen LogP contribution in [0.1, 0.15) is 31.4 Å². The van der Waals surface area contributed by atoms with Gasteiger partial charge in [-0.3, -0.25) is 9.36 Å². The van der Waals surface area contributed by atoms with Gasteiger partial charge in [0.1, 0.15) is 6.04 Å². The molecule has 0 spiro atoms. The third kappa shape index (κ3) is 2.14. The van der Waals surface area contributed by atoms with E-state index in [0.29, 0.717) is 4.77 Å². The van der Waals surface area contributed by atoms with Crippen molar-refractivity contribution in [2.75, 3.05) is 13.1 Å². The first-order valence-electron chi connectivity index (χ1n) is 6.93. The predicted molar refractivity (Wildman–Crippen MR) is 80.2 cm³/mol. The minimum absolute atomic E-state index is 0.127. The monoisotopic (exact) mass is 290 g/mol. The zero-order valence-corrected chi connectivity index (χ0v) is 12.5. The standard InChI is InChI=1S/C14H18N4OS/c1-9-7-11-12(15-8-9)18(14(20)16-11)10(2)13(19)17-5-3-4-6-17/h7-8,10H,3-6H2,1-2H3,(H,16,20). The molecule has 1 aliphatic rings. The summed E-state index contributed by atoms with van der Waals surface area (Å²) in [6.07, 6.45) is 3.98. The molecule has 2 aromatic rings. The molecule has 0 bridgehead atoms. The Kier molecular flexibility index (Phi) is 3.33. The van der Waals surface area contributed by atoms with Crippen molar-refractivity contribution < 1.29 is 4.79 Å². The molecule has 1 atom stereocenters. The summed E-state index contributed by atoms with van der Waals surface area (Å²) in [4.78, 5) is 22.0. The smallest absolute Gasteiger partial charge is 0.245 e. The lowest BCUT2D eigenvalue weighted by atomic mass is 10.2. The normalized spacial score (nSPS) is 16.8. The maximum atomic E-state index is 12.5. The van der Waals surface area contributed by atoms with Crippen LogP contribution in [0.2, 0.25) is 0 Å². The number of imidazole rings is 1. The van der Waals surface area contributed by atoms with Crippen LogP contribution >= 0.6 is 12.2 Å². The Bertz CT molecular complexity index is 712. The first-order valence-corrected chi connectivity index (χ1v) is 7.34. The number of likely N-dealkylation sites (tertiary alicyclic amines) is 1. The number of rotatable bonds is 2. The van der Waals surface area contributed by atoms with Gasteiger partial charge in [-0.25, -0.2) is 4.98 Å². The summed E-state index contributed by atoms with van der Waals surface area (Å²) in [5.74, 6) is 0.127. The fourth-order valence-corrected chi connectivity index (χ4v) is 3.14. The van der Waals surface area contributed by atoms with Crippen molar-refractivity contribution in [2.45, 2.75) is 32.7 Å². The van der Waals surface area contributed by atoms with Crippen molar-refractivity contribution in [3.63, 3.8) is 0 Å².